The third-order valence-electron chi connectivity index (χ3n) is 8.34. The maximum Gasteiger partial charge on any atom is 0.408 e. The molecule has 0 aliphatic rings. The van der Waals surface area contributed by atoms with Crippen LogP contribution in [0.25, 0.3) is 10.9 Å². The van der Waals surface area contributed by atoms with Crippen LogP contribution < -0.4 is 21.3 Å². The van der Waals surface area contributed by atoms with Gasteiger partial charge in [-0.2, -0.15) is 0 Å². The topological polar surface area (TPSA) is 193 Å². The maximum absolute atomic E-state index is 14.1. The predicted octanol–water partition coefficient (Wildman–Crippen LogP) is 4.68. The Balaban J connectivity index is 1.56. The van der Waals surface area contributed by atoms with Crippen molar-refractivity contribution in [3.63, 3.8) is 0 Å². The van der Waals surface area contributed by atoms with Gasteiger partial charge in [-0.15, -0.1) is 0 Å². The summed E-state index contributed by atoms with van der Waals surface area (Å²) >= 11 is 0. The summed E-state index contributed by atoms with van der Waals surface area (Å²) in [5.74, 6) is -3.50. The van der Waals surface area contributed by atoms with Crippen LogP contribution in [0.4, 0.5) is 10.5 Å². The molecular weight excluding hydrogens is 699 g/mol. The van der Waals surface area contributed by atoms with Crippen LogP contribution in [0.1, 0.15) is 51.7 Å². The van der Waals surface area contributed by atoms with Gasteiger partial charge >= 0.3 is 6.09 Å². The van der Waals surface area contributed by atoms with Crippen LogP contribution in [0.2, 0.25) is 0 Å². The summed E-state index contributed by atoms with van der Waals surface area (Å²) in [6.07, 6.45) is 2.31. The standard InChI is InChI=1S/C39H47N5O8S/c1-24(2)18-32(35(45)38(48)41-28-14-11-15-29(21-28)53(5,50)51)42-37(47)34(20-27-22-40-31-17-10-9-16-30(27)31)43-36(46)33(19-25(3)4)44-39(49)52-23-26-12-7-6-8-13-26/h6-17,21-22,24-25,32-34,40H,18-20,23H2,1-5H3,(H,41,48)(H,42,47)(H,43,46)(H,44,49)/t32-,33-,34-/m0/s1. The lowest BCUT2D eigenvalue weighted by Gasteiger charge is -2.26. The van der Waals surface area contributed by atoms with Gasteiger partial charge in [-0.1, -0.05) is 82.3 Å². The first kappa shape index (κ1) is 40.3. The number of sulfone groups is 1. The number of hydrogen-bond donors (Lipinski definition) is 5. The van der Waals surface area contributed by atoms with Crippen molar-refractivity contribution < 1.29 is 37.1 Å². The molecule has 0 radical (unpaired) electrons. The number of fused-ring (bicyclic) bond motifs is 1. The van der Waals surface area contributed by atoms with Crippen molar-refractivity contribution in [3.05, 3.63) is 96.2 Å². The van der Waals surface area contributed by atoms with Crippen LogP contribution in [0.3, 0.4) is 0 Å². The van der Waals surface area contributed by atoms with Gasteiger partial charge in [0, 0.05) is 35.5 Å². The Labute approximate surface area is 309 Å². The second-order valence-corrected chi connectivity index (χ2v) is 15.8. The van der Waals surface area contributed by atoms with Gasteiger partial charge in [0.1, 0.15) is 18.7 Å². The average Bonchev–Trinajstić information content (AvgIpc) is 3.51. The first-order chi connectivity index (χ1) is 25.1. The van der Waals surface area contributed by atoms with Crippen LogP contribution in [-0.2, 0) is 46.8 Å². The van der Waals surface area contributed by atoms with Crippen molar-refractivity contribution in [3.8, 4) is 0 Å². The lowest BCUT2D eigenvalue weighted by molar-refractivity contribution is -0.138. The summed E-state index contributed by atoms with van der Waals surface area (Å²) < 4.78 is 29.4. The SMILES string of the molecule is CC(C)C[C@H](NC(=O)OCc1ccccc1)C(=O)N[C@@H](Cc1c[nH]c2ccccc12)C(=O)N[C@@H](CC(C)C)C(=O)C(=O)Nc1cccc(S(C)(=O)=O)c1. The number of nitrogens with one attached hydrogen (secondary N) is 5. The number of carbonyl (C=O) groups excluding carboxylic acids is 5. The molecule has 0 aliphatic heterocycles. The fraction of sp³-hybridized carbons (Fsp3) is 0.359. The van der Waals surface area contributed by atoms with Crippen molar-refractivity contribution in [2.45, 2.75) is 76.6 Å². The van der Waals surface area contributed by atoms with E-state index in [0.29, 0.717) is 5.56 Å². The summed E-state index contributed by atoms with van der Waals surface area (Å²) in [6, 6.07) is 18.5. The number of ether oxygens (including phenoxy) is 1. The highest BCUT2D eigenvalue weighted by Gasteiger charge is 2.33. The molecule has 0 saturated heterocycles. The van der Waals surface area contributed by atoms with Crippen molar-refractivity contribution >= 4 is 56.0 Å². The Morgan fingerprint density at radius 2 is 1.36 bits per heavy atom. The number of alkyl carbamates (subject to hydrolysis) is 1. The van der Waals surface area contributed by atoms with Gasteiger partial charge in [-0.05, 0) is 60.1 Å². The van der Waals surface area contributed by atoms with Gasteiger partial charge in [-0.25, -0.2) is 13.2 Å². The third-order valence-corrected chi connectivity index (χ3v) is 9.45. The fourth-order valence-corrected chi connectivity index (χ4v) is 6.41. The zero-order chi connectivity index (χ0) is 38.7. The van der Waals surface area contributed by atoms with Crippen LogP contribution in [0.15, 0.2) is 90.0 Å². The highest BCUT2D eigenvalue weighted by molar-refractivity contribution is 7.90. The van der Waals surface area contributed by atoms with E-state index in [1.54, 1.807) is 18.3 Å². The van der Waals surface area contributed by atoms with E-state index in [-0.39, 0.29) is 48.3 Å². The molecule has 0 saturated carbocycles. The van der Waals surface area contributed by atoms with E-state index in [4.69, 9.17) is 4.74 Å². The molecule has 0 fully saturated rings. The minimum atomic E-state index is -3.58. The number of H-pyrrole nitrogens is 1. The van der Waals surface area contributed by atoms with Gasteiger partial charge in [0.2, 0.25) is 17.6 Å². The smallest absolute Gasteiger partial charge is 0.408 e. The lowest BCUT2D eigenvalue weighted by atomic mass is 9.97. The Morgan fingerprint density at radius 3 is 2.04 bits per heavy atom. The zero-order valence-electron chi connectivity index (χ0n) is 30.5. The predicted molar refractivity (Wildman–Crippen MR) is 202 cm³/mol. The molecule has 0 aliphatic carbocycles. The Bertz CT molecular complexity index is 2030. The number of benzene rings is 3. The minimum Gasteiger partial charge on any atom is -0.445 e. The molecule has 14 heteroatoms. The number of carbonyl (C=O) groups is 5. The van der Waals surface area contributed by atoms with Crippen LogP contribution in [-0.4, -0.2) is 67.4 Å². The monoisotopic (exact) mass is 745 g/mol. The van der Waals surface area contributed by atoms with E-state index in [1.165, 1.54) is 24.3 Å². The number of anilines is 1. The van der Waals surface area contributed by atoms with E-state index < -0.39 is 57.6 Å². The molecule has 3 aromatic carbocycles. The molecular formula is C39H47N5O8S. The van der Waals surface area contributed by atoms with Gasteiger partial charge < -0.3 is 31.0 Å². The van der Waals surface area contributed by atoms with Crippen molar-refractivity contribution in [2.24, 2.45) is 11.8 Å². The highest BCUT2D eigenvalue weighted by atomic mass is 32.2. The van der Waals surface area contributed by atoms with Crippen LogP contribution >= 0.6 is 0 Å². The number of ketones is 1. The van der Waals surface area contributed by atoms with Gasteiger partial charge in [0.05, 0.1) is 10.9 Å². The number of Topliss-reactive ketones (excluding diaryl/α,β-unsaturated/α-hetero) is 1. The molecule has 1 aromatic heterocycles. The summed E-state index contributed by atoms with van der Waals surface area (Å²) in [4.78, 5) is 70.6. The number of para-hydroxylation sites is 1. The first-order valence-electron chi connectivity index (χ1n) is 17.4. The molecule has 0 unspecified atom stereocenters. The molecule has 13 nitrogen and oxygen atoms in total. The van der Waals surface area contributed by atoms with E-state index in [9.17, 15) is 32.4 Å². The number of amides is 4. The first-order valence-corrected chi connectivity index (χ1v) is 19.3. The second kappa shape index (κ2) is 18.3. The Hall–Kier alpha value is -5.50. The highest BCUT2D eigenvalue weighted by Crippen LogP contribution is 2.20. The molecule has 53 heavy (non-hydrogen) atoms. The quantitative estimate of drug-likeness (QED) is 0.0963. The van der Waals surface area contributed by atoms with Crippen molar-refractivity contribution in [1.82, 2.24) is 20.9 Å². The molecule has 4 rings (SSSR count). The summed E-state index contributed by atoms with van der Waals surface area (Å²) in [5.41, 5.74) is 2.39. The number of aromatic amines is 1. The largest absolute Gasteiger partial charge is 0.445 e. The van der Waals surface area contributed by atoms with Crippen LogP contribution in [0, 0.1) is 11.8 Å². The van der Waals surface area contributed by atoms with Gasteiger partial charge in [0.15, 0.2) is 9.84 Å². The van der Waals surface area contributed by atoms with E-state index >= 15 is 0 Å². The molecule has 282 valence electrons. The molecule has 3 atom stereocenters. The molecule has 1 heterocycles. The van der Waals surface area contributed by atoms with Gasteiger partial charge in [-0.3, -0.25) is 19.2 Å². The molecule has 4 amide bonds. The Morgan fingerprint density at radius 1 is 0.736 bits per heavy atom. The van der Waals surface area contributed by atoms with E-state index in [1.807, 2.05) is 70.2 Å². The van der Waals surface area contributed by atoms with Crippen LogP contribution in [0.5, 0.6) is 0 Å². The van der Waals surface area contributed by atoms with E-state index in [0.717, 1.165) is 22.7 Å². The van der Waals surface area contributed by atoms with E-state index in [2.05, 4.69) is 26.3 Å². The Kier molecular flexibility index (Phi) is 13.9. The molecule has 5 N–H and O–H groups in total. The lowest BCUT2D eigenvalue weighted by Crippen LogP contribution is -2.57. The second-order valence-electron chi connectivity index (χ2n) is 13.8. The van der Waals surface area contributed by atoms with Crippen molar-refractivity contribution in [2.75, 3.05) is 11.6 Å². The minimum absolute atomic E-state index is 0.00370. The summed E-state index contributed by atoms with van der Waals surface area (Å²) in [6.45, 7) is 7.42. The summed E-state index contributed by atoms with van der Waals surface area (Å²) in [7, 11) is -3.58. The zero-order valence-corrected chi connectivity index (χ0v) is 31.3. The van der Waals surface area contributed by atoms with Crippen molar-refractivity contribution in [1.29, 1.82) is 0 Å². The average molecular weight is 746 g/mol. The number of aromatic nitrogens is 1. The molecule has 0 spiro atoms. The summed E-state index contributed by atoms with van der Waals surface area (Å²) in [5, 5.41) is 11.4. The normalized spacial score (nSPS) is 13.2. The third kappa shape index (κ3) is 12.0. The number of rotatable bonds is 17. The molecule has 0 bridgehead atoms. The maximum atomic E-state index is 14.1. The van der Waals surface area contributed by atoms with Gasteiger partial charge in [0.25, 0.3) is 5.91 Å². The molecule has 4 aromatic rings. The number of hydrogen-bond acceptors (Lipinski definition) is 8. The fourth-order valence-electron chi connectivity index (χ4n) is 5.74.